The number of nitrogens with zero attached hydrogens (tertiary/aromatic N) is 1. The molecular weight excluding hydrogens is 292 g/mol. The highest BCUT2D eigenvalue weighted by atomic mass is 16.3. The number of hydrogen-bond acceptors (Lipinski definition) is 4. The third kappa shape index (κ3) is 4.10. The van der Waals surface area contributed by atoms with Gasteiger partial charge >= 0.3 is 0 Å². The highest BCUT2D eigenvalue weighted by Crippen LogP contribution is 2.23. The van der Waals surface area contributed by atoms with Crippen LogP contribution in [0.5, 0.6) is 11.5 Å². The fourth-order valence-electron chi connectivity index (χ4n) is 2.10. The molecule has 5 nitrogen and oxygen atoms in total. The summed E-state index contributed by atoms with van der Waals surface area (Å²) in [5.74, 6) is -0.0436. The summed E-state index contributed by atoms with van der Waals surface area (Å²) in [6, 6.07) is 11.6. The Bertz CT molecular complexity index is 734. The Morgan fingerprint density at radius 2 is 1.74 bits per heavy atom. The summed E-state index contributed by atoms with van der Waals surface area (Å²) < 4.78 is 0. The van der Waals surface area contributed by atoms with Crippen LogP contribution in [0, 0.1) is 0 Å². The SMILES string of the molecule is CC(=NNC(=O)c1ccc(C(C)C)cc1)c1ccc(O)cc1O. The highest BCUT2D eigenvalue weighted by Gasteiger charge is 2.08. The molecule has 5 heteroatoms. The lowest BCUT2D eigenvalue weighted by Crippen LogP contribution is -2.19. The van der Waals surface area contributed by atoms with Crippen molar-refractivity contribution in [2.45, 2.75) is 26.7 Å². The van der Waals surface area contributed by atoms with E-state index in [1.165, 1.54) is 18.2 Å². The zero-order valence-corrected chi connectivity index (χ0v) is 13.4. The van der Waals surface area contributed by atoms with Crippen LogP contribution < -0.4 is 5.43 Å². The zero-order valence-electron chi connectivity index (χ0n) is 13.4. The van der Waals surface area contributed by atoms with Crippen LogP contribution >= 0.6 is 0 Å². The molecule has 120 valence electrons. The lowest BCUT2D eigenvalue weighted by molar-refractivity contribution is 0.0955. The van der Waals surface area contributed by atoms with E-state index in [9.17, 15) is 15.0 Å². The first kappa shape index (κ1) is 16.5. The zero-order chi connectivity index (χ0) is 17.0. The van der Waals surface area contributed by atoms with Crippen molar-refractivity contribution in [1.29, 1.82) is 0 Å². The third-order valence-electron chi connectivity index (χ3n) is 3.54. The van der Waals surface area contributed by atoms with Crippen LogP contribution in [0.4, 0.5) is 0 Å². The van der Waals surface area contributed by atoms with Gasteiger partial charge in [0.1, 0.15) is 11.5 Å². The first-order chi connectivity index (χ1) is 10.9. The minimum absolute atomic E-state index is 0.0340. The minimum atomic E-state index is -0.321. The van der Waals surface area contributed by atoms with Gasteiger partial charge in [-0.2, -0.15) is 5.10 Å². The third-order valence-corrected chi connectivity index (χ3v) is 3.54. The Morgan fingerprint density at radius 3 is 2.30 bits per heavy atom. The maximum Gasteiger partial charge on any atom is 0.271 e. The molecule has 0 fully saturated rings. The number of hydrazone groups is 1. The second-order valence-corrected chi connectivity index (χ2v) is 5.62. The second-order valence-electron chi connectivity index (χ2n) is 5.62. The van der Waals surface area contributed by atoms with E-state index in [4.69, 9.17) is 0 Å². The molecule has 0 aromatic heterocycles. The molecule has 0 saturated carbocycles. The van der Waals surface area contributed by atoms with E-state index in [1.54, 1.807) is 19.1 Å². The maximum absolute atomic E-state index is 12.1. The van der Waals surface area contributed by atoms with Gasteiger partial charge in [0.25, 0.3) is 5.91 Å². The molecule has 0 aliphatic carbocycles. The molecule has 2 rings (SSSR count). The van der Waals surface area contributed by atoms with Gasteiger partial charge in [0.05, 0.1) is 5.71 Å². The summed E-state index contributed by atoms with van der Waals surface area (Å²) in [5.41, 5.74) is 5.02. The molecule has 0 heterocycles. The Balaban J connectivity index is 2.10. The molecule has 0 spiro atoms. The van der Waals surface area contributed by atoms with E-state index < -0.39 is 0 Å². The molecule has 0 bridgehead atoms. The molecule has 0 radical (unpaired) electrons. The Labute approximate surface area is 135 Å². The van der Waals surface area contributed by atoms with Crippen molar-refractivity contribution >= 4 is 11.6 Å². The van der Waals surface area contributed by atoms with Gasteiger partial charge in [-0.3, -0.25) is 4.79 Å². The molecular formula is C18H20N2O3. The molecule has 23 heavy (non-hydrogen) atoms. The van der Waals surface area contributed by atoms with Gasteiger partial charge in [-0.05, 0) is 42.7 Å². The Hall–Kier alpha value is -2.82. The lowest BCUT2D eigenvalue weighted by atomic mass is 10.0. The van der Waals surface area contributed by atoms with Crippen molar-refractivity contribution in [3.8, 4) is 11.5 Å². The monoisotopic (exact) mass is 312 g/mol. The van der Waals surface area contributed by atoms with E-state index in [0.717, 1.165) is 5.56 Å². The quantitative estimate of drug-likeness (QED) is 0.598. The molecule has 1 amide bonds. The van der Waals surface area contributed by atoms with Gasteiger partial charge in [-0.1, -0.05) is 26.0 Å². The highest BCUT2D eigenvalue weighted by molar-refractivity contribution is 6.02. The van der Waals surface area contributed by atoms with E-state index >= 15 is 0 Å². The number of carbonyl (C=O) groups is 1. The average Bonchev–Trinajstić information content (AvgIpc) is 2.52. The standard InChI is InChI=1S/C18H20N2O3/c1-11(2)13-4-6-14(7-5-13)18(23)20-19-12(3)16-9-8-15(21)10-17(16)22/h4-11,21-22H,1-3H3,(H,20,23). The normalized spacial score (nSPS) is 11.6. The Kier molecular flexibility index (Phi) is 5.01. The number of amides is 1. The van der Waals surface area contributed by atoms with Crippen molar-refractivity contribution < 1.29 is 15.0 Å². The average molecular weight is 312 g/mol. The van der Waals surface area contributed by atoms with Gasteiger partial charge < -0.3 is 10.2 Å². The van der Waals surface area contributed by atoms with Crippen LogP contribution in [-0.2, 0) is 0 Å². The van der Waals surface area contributed by atoms with E-state index in [-0.39, 0.29) is 17.4 Å². The molecule has 2 aromatic carbocycles. The lowest BCUT2D eigenvalue weighted by Gasteiger charge is -2.07. The van der Waals surface area contributed by atoms with Crippen LogP contribution in [0.2, 0.25) is 0 Å². The number of phenols is 2. The largest absolute Gasteiger partial charge is 0.508 e. The molecule has 0 atom stereocenters. The van der Waals surface area contributed by atoms with Crippen LogP contribution in [0.1, 0.15) is 48.2 Å². The second kappa shape index (κ2) is 6.96. The summed E-state index contributed by atoms with van der Waals surface area (Å²) in [7, 11) is 0. The van der Waals surface area contributed by atoms with Gasteiger partial charge in [0, 0.05) is 17.2 Å². The van der Waals surface area contributed by atoms with Gasteiger partial charge in [-0.15, -0.1) is 0 Å². The van der Waals surface area contributed by atoms with Crippen molar-refractivity contribution in [3.63, 3.8) is 0 Å². The molecule has 3 N–H and O–H groups in total. The van der Waals surface area contributed by atoms with Gasteiger partial charge in [0.15, 0.2) is 0 Å². The topological polar surface area (TPSA) is 81.9 Å². The van der Waals surface area contributed by atoms with Gasteiger partial charge in [-0.25, -0.2) is 5.43 Å². The van der Waals surface area contributed by atoms with Crippen LogP contribution in [0.15, 0.2) is 47.6 Å². The molecule has 0 saturated heterocycles. The Morgan fingerprint density at radius 1 is 1.09 bits per heavy atom. The van der Waals surface area contributed by atoms with Crippen LogP contribution in [-0.4, -0.2) is 21.8 Å². The number of aromatic hydroxyl groups is 2. The number of hydrogen-bond donors (Lipinski definition) is 3. The maximum atomic E-state index is 12.1. The number of benzene rings is 2. The van der Waals surface area contributed by atoms with E-state index in [1.807, 2.05) is 12.1 Å². The van der Waals surface area contributed by atoms with Crippen molar-refractivity contribution in [2.75, 3.05) is 0 Å². The minimum Gasteiger partial charge on any atom is -0.508 e. The predicted octanol–water partition coefficient (Wildman–Crippen LogP) is 3.38. The molecule has 2 aromatic rings. The van der Waals surface area contributed by atoms with Crippen molar-refractivity contribution in [3.05, 3.63) is 59.2 Å². The number of nitrogens with one attached hydrogen (secondary N) is 1. The van der Waals surface area contributed by atoms with Crippen molar-refractivity contribution in [1.82, 2.24) is 5.43 Å². The molecule has 0 aliphatic heterocycles. The van der Waals surface area contributed by atoms with Crippen LogP contribution in [0.3, 0.4) is 0 Å². The summed E-state index contributed by atoms with van der Waals surface area (Å²) in [4.78, 5) is 12.1. The number of rotatable bonds is 4. The van der Waals surface area contributed by atoms with E-state index in [0.29, 0.717) is 22.8 Å². The molecule has 0 unspecified atom stereocenters. The predicted molar refractivity (Wildman–Crippen MR) is 90.0 cm³/mol. The summed E-state index contributed by atoms with van der Waals surface area (Å²) in [6.07, 6.45) is 0. The van der Waals surface area contributed by atoms with E-state index in [2.05, 4.69) is 24.4 Å². The van der Waals surface area contributed by atoms with Crippen LogP contribution in [0.25, 0.3) is 0 Å². The number of carbonyl (C=O) groups excluding carboxylic acids is 1. The summed E-state index contributed by atoms with van der Waals surface area (Å²) in [5, 5.41) is 23.0. The fourth-order valence-corrected chi connectivity index (χ4v) is 2.10. The fraction of sp³-hybridized carbons (Fsp3) is 0.222. The summed E-state index contributed by atoms with van der Waals surface area (Å²) in [6.45, 7) is 5.84. The van der Waals surface area contributed by atoms with Crippen molar-refractivity contribution in [2.24, 2.45) is 5.10 Å². The molecule has 0 aliphatic rings. The van der Waals surface area contributed by atoms with Gasteiger partial charge in [0.2, 0.25) is 0 Å². The first-order valence-corrected chi connectivity index (χ1v) is 7.35. The smallest absolute Gasteiger partial charge is 0.271 e. The first-order valence-electron chi connectivity index (χ1n) is 7.35. The summed E-state index contributed by atoms with van der Waals surface area (Å²) >= 11 is 0. The number of phenolic OH excluding ortho intramolecular Hbond substituents is 2.